The van der Waals surface area contributed by atoms with Crippen molar-refractivity contribution in [3.05, 3.63) is 24.4 Å². The lowest BCUT2D eigenvalue weighted by molar-refractivity contribution is -0.0662. The number of aromatic amines is 1. The van der Waals surface area contributed by atoms with Crippen molar-refractivity contribution in [1.29, 1.82) is 0 Å². The number of nitrogens with one attached hydrogen (secondary N) is 2. The molecule has 1 atom stereocenters. The Morgan fingerprint density at radius 3 is 2.79 bits per heavy atom. The Hall–Kier alpha value is -1.55. The van der Waals surface area contributed by atoms with Gasteiger partial charge < -0.3 is 10.1 Å². The lowest BCUT2D eigenvalue weighted by atomic mass is 9.94. The summed E-state index contributed by atoms with van der Waals surface area (Å²) in [5, 5.41) is 11.9. The van der Waals surface area contributed by atoms with Gasteiger partial charge in [-0.05, 0) is 46.2 Å². The molecule has 0 aliphatic carbocycles. The van der Waals surface area contributed by atoms with Gasteiger partial charge >= 0.3 is 0 Å². The van der Waals surface area contributed by atoms with E-state index < -0.39 is 0 Å². The van der Waals surface area contributed by atoms with Gasteiger partial charge in [-0.2, -0.15) is 5.10 Å². The number of rotatable bonds is 2. The minimum Gasteiger partial charge on any atom is -0.379 e. The Labute approximate surface area is 113 Å². The van der Waals surface area contributed by atoms with Crippen molar-refractivity contribution in [1.82, 2.24) is 10.2 Å². The standard InChI is InChI=1S/C15H21N3O/c1-14(2)8-13(15(3,4)19-14)17-11-6-5-7-12-10(11)9-16-18-12/h5-7,9,13,17H,8H2,1-4H3,(H,16,18). The summed E-state index contributed by atoms with van der Waals surface area (Å²) in [6.07, 6.45) is 2.86. The van der Waals surface area contributed by atoms with Crippen molar-refractivity contribution in [2.75, 3.05) is 5.32 Å². The monoisotopic (exact) mass is 259 g/mol. The molecule has 3 rings (SSSR count). The van der Waals surface area contributed by atoms with E-state index in [-0.39, 0.29) is 11.2 Å². The quantitative estimate of drug-likeness (QED) is 0.869. The van der Waals surface area contributed by atoms with Gasteiger partial charge in [-0.25, -0.2) is 0 Å². The average Bonchev–Trinajstić information content (AvgIpc) is 2.81. The first-order valence-electron chi connectivity index (χ1n) is 6.76. The molecule has 4 nitrogen and oxygen atoms in total. The Morgan fingerprint density at radius 2 is 2.11 bits per heavy atom. The normalized spacial score (nSPS) is 24.7. The van der Waals surface area contributed by atoms with Crippen molar-refractivity contribution in [3.8, 4) is 0 Å². The van der Waals surface area contributed by atoms with Crippen LogP contribution in [-0.4, -0.2) is 27.4 Å². The van der Waals surface area contributed by atoms with Crippen LogP contribution in [-0.2, 0) is 4.74 Å². The van der Waals surface area contributed by atoms with Crippen LogP contribution in [0.3, 0.4) is 0 Å². The summed E-state index contributed by atoms with van der Waals surface area (Å²) in [7, 11) is 0. The van der Waals surface area contributed by atoms with E-state index in [0.717, 1.165) is 23.0 Å². The zero-order chi connectivity index (χ0) is 13.7. The van der Waals surface area contributed by atoms with Crippen LogP contribution >= 0.6 is 0 Å². The van der Waals surface area contributed by atoms with Crippen molar-refractivity contribution in [2.24, 2.45) is 0 Å². The molecule has 1 fully saturated rings. The van der Waals surface area contributed by atoms with Gasteiger partial charge in [0.25, 0.3) is 0 Å². The Balaban J connectivity index is 1.91. The fourth-order valence-electron chi connectivity index (χ4n) is 3.07. The molecule has 1 aliphatic rings. The number of H-pyrrole nitrogens is 1. The summed E-state index contributed by atoms with van der Waals surface area (Å²) >= 11 is 0. The van der Waals surface area contributed by atoms with Gasteiger partial charge in [0.1, 0.15) is 0 Å². The van der Waals surface area contributed by atoms with E-state index in [1.165, 1.54) is 0 Å². The second-order valence-electron chi connectivity index (χ2n) is 6.50. The van der Waals surface area contributed by atoms with Gasteiger partial charge in [-0.15, -0.1) is 0 Å². The first kappa shape index (κ1) is 12.5. The van der Waals surface area contributed by atoms with Crippen molar-refractivity contribution in [2.45, 2.75) is 51.4 Å². The lowest BCUT2D eigenvalue weighted by Crippen LogP contribution is -2.38. The number of nitrogens with zero attached hydrogens (tertiary/aromatic N) is 1. The molecule has 0 radical (unpaired) electrons. The fraction of sp³-hybridized carbons (Fsp3) is 0.533. The lowest BCUT2D eigenvalue weighted by Gasteiger charge is -2.28. The van der Waals surface area contributed by atoms with Crippen LogP contribution in [0.2, 0.25) is 0 Å². The largest absolute Gasteiger partial charge is 0.379 e. The number of benzene rings is 1. The third kappa shape index (κ3) is 2.21. The molecule has 0 spiro atoms. The molecule has 4 heteroatoms. The highest BCUT2D eigenvalue weighted by atomic mass is 16.5. The first-order valence-corrected chi connectivity index (χ1v) is 6.76. The maximum atomic E-state index is 6.13. The summed E-state index contributed by atoms with van der Waals surface area (Å²) in [5.41, 5.74) is 1.92. The molecule has 19 heavy (non-hydrogen) atoms. The minimum atomic E-state index is -0.171. The van der Waals surface area contributed by atoms with Crippen LogP contribution in [0.15, 0.2) is 24.4 Å². The molecule has 0 saturated carbocycles. The Bertz CT molecular complexity index is 600. The molecule has 1 aliphatic heterocycles. The average molecular weight is 259 g/mol. The van der Waals surface area contributed by atoms with Crippen molar-refractivity contribution >= 4 is 16.6 Å². The highest BCUT2D eigenvalue weighted by Crippen LogP contribution is 2.39. The number of ether oxygens (including phenoxy) is 1. The molecule has 0 bridgehead atoms. The van der Waals surface area contributed by atoms with Crippen LogP contribution in [0.1, 0.15) is 34.1 Å². The zero-order valence-corrected chi connectivity index (χ0v) is 11.9. The molecule has 102 valence electrons. The van der Waals surface area contributed by atoms with Crippen LogP contribution < -0.4 is 5.32 Å². The zero-order valence-electron chi connectivity index (χ0n) is 11.9. The third-order valence-corrected chi connectivity index (χ3v) is 3.89. The van der Waals surface area contributed by atoms with Gasteiger partial charge in [0.15, 0.2) is 0 Å². The van der Waals surface area contributed by atoms with E-state index in [1.54, 1.807) is 0 Å². The van der Waals surface area contributed by atoms with Crippen LogP contribution in [0.25, 0.3) is 10.9 Å². The molecule has 1 saturated heterocycles. The van der Waals surface area contributed by atoms with Crippen LogP contribution in [0.4, 0.5) is 5.69 Å². The summed E-state index contributed by atoms with van der Waals surface area (Å²) < 4.78 is 6.13. The molecule has 2 aromatic rings. The molecule has 2 N–H and O–H groups in total. The Kier molecular flexibility index (Phi) is 2.61. The van der Waals surface area contributed by atoms with E-state index in [9.17, 15) is 0 Å². The number of hydrogen-bond acceptors (Lipinski definition) is 3. The van der Waals surface area contributed by atoms with E-state index in [4.69, 9.17) is 4.74 Å². The van der Waals surface area contributed by atoms with Gasteiger partial charge in [0, 0.05) is 11.1 Å². The highest BCUT2D eigenvalue weighted by molar-refractivity contribution is 5.91. The molecule has 2 heterocycles. The first-order chi connectivity index (χ1) is 8.87. The number of aromatic nitrogens is 2. The van der Waals surface area contributed by atoms with E-state index in [0.29, 0.717) is 6.04 Å². The van der Waals surface area contributed by atoms with Crippen LogP contribution in [0.5, 0.6) is 0 Å². The van der Waals surface area contributed by atoms with Crippen molar-refractivity contribution < 1.29 is 4.74 Å². The van der Waals surface area contributed by atoms with Crippen LogP contribution in [0, 0.1) is 0 Å². The van der Waals surface area contributed by atoms with Crippen molar-refractivity contribution in [3.63, 3.8) is 0 Å². The SMILES string of the molecule is CC1(C)CC(Nc2cccc3[nH]ncc23)C(C)(C)O1. The maximum absolute atomic E-state index is 6.13. The summed E-state index contributed by atoms with van der Waals surface area (Å²) in [5.74, 6) is 0. The molecule has 1 unspecified atom stereocenters. The predicted octanol–water partition coefficient (Wildman–Crippen LogP) is 3.32. The maximum Gasteiger partial charge on any atom is 0.0834 e. The smallest absolute Gasteiger partial charge is 0.0834 e. The number of hydrogen-bond donors (Lipinski definition) is 2. The predicted molar refractivity (Wildman–Crippen MR) is 77.4 cm³/mol. The molecule has 0 amide bonds. The van der Waals surface area contributed by atoms with Gasteiger partial charge in [-0.1, -0.05) is 6.07 Å². The third-order valence-electron chi connectivity index (χ3n) is 3.89. The molecular formula is C15H21N3O. The second kappa shape index (κ2) is 3.97. The molecular weight excluding hydrogens is 238 g/mol. The highest BCUT2D eigenvalue weighted by Gasteiger charge is 2.45. The number of fused-ring (bicyclic) bond motifs is 1. The Morgan fingerprint density at radius 1 is 1.32 bits per heavy atom. The summed E-state index contributed by atoms with van der Waals surface area (Å²) in [4.78, 5) is 0. The molecule has 1 aromatic carbocycles. The summed E-state index contributed by atoms with van der Waals surface area (Å²) in [6.45, 7) is 8.59. The minimum absolute atomic E-state index is 0.0779. The second-order valence-corrected chi connectivity index (χ2v) is 6.50. The van der Waals surface area contributed by atoms with Gasteiger partial charge in [0.05, 0.1) is 29.0 Å². The summed E-state index contributed by atoms with van der Waals surface area (Å²) in [6, 6.07) is 6.46. The molecule has 1 aromatic heterocycles. The van der Waals surface area contributed by atoms with Gasteiger partial charge in [0.2, 0.25) is 0 Å². The van der Waals surface area contributed by atoms with E-state index in [1.807, 2.05) is 18.3 Å². The topological polar surface area (TPSA) is 49.9 Å². The fourth-order valence-corrected chi connectivity index (χ4v) is 3.07. The van der Waals surface area contributed by atoms with E-state index >= 15 is 0 Å². The van der Waals surface area contributed by atoms with Gasteiger partial charge in [-0.3, -0.25) is 5.10 Å². The van der Waals surface area contributed by atoms with E-state index in [2.05, 4.69) is 49.3 Å². The number of anilines is 1.